The maximum Gasteiger partial charge on any atom is 0.130 e. The van der Waals surface area contributed by atoms with Crippen molar-refractivity contribution in [3.63, 3.8) is 0 Å². The van der Waals surface area contributed by atoms with Gasteiger partial charge >= 0.3 is 0 Å². The highest BCUT2D eigenvalue weighted by molar-refractivity contribution is 7.09. The highest BCUT2D eigenvalue weighted by Crippen LogP contribution is 2.34. The number of ether oxygens (including phenoxy) is 3. The van der Waals surface area contributed by atoms with Crippen molar-refractivity contribution in [3.05, 3.63) is 34.3 Å². The van der Waals surface area contributed by atoms with Gasteiger partial charge in [0.05, 0.1) is 32.9 Å². The largest absolute Gasteiger partial charge is 0.496 e. The number of methoxy groups -OCH3 is 3. The molecule has 0 saturated carbocycles. The monoisotopic (exact) mass is 308 g/mol. The Bertz CT molecular complexity index is 547. The molecule has 1 aromatic carbocycles. The number of thiazole rings is 1. The molecule has 1 unspecified atom stereocenters. The van der Waals surface area contributed by atoms with Crippen molar-refractivity contribution >= 4 is 11.3 Å². The molecule has 0 bridgehead atoms. The van der Waals surface area contributed by atoms with Crippen LogP contribution in [0.25, 0.3) is 0 Å². The number of nitrogens with zero attached hydrogens (tertiary/aromatic N) is 1. The van der Waals surface area contributed by atoms with Crippen LogP contribution in [-0.4, -0.2) is 26.3 Å². The van der Waals surface area contributed by atoms with E-state index in [1.54, 1.807) is 32.7 Å². The molecule has 2 rings (SSSR count). The average molecular weight is 308 g/mol. The smallest absolute Gasteiger partial charge is 0.130 e. The van der Waals surface area contributed by atoms with Gasteiger partial charge in [-0.05, 0) is 6.92 Å². The zero-order chi connectivity index (χ0) is 15.2. The second-order valence-electron chi connectivity index (χ2n) is 4.48. The predicted molar refractivity (Wildman–Crippen MR) is 83.5 cm³/mol. The van der Waals surface area contributed by atoms with Gasteiger partial charge in [-0.3, -0.25) is 0 Å². The lowest BCUT2D eigenvalue weighted by atomic mass is 10.1. The first-order valence-corrected chi connectivity index (χ1v) is 7.49. The lowest BCUT2D eigenvalue weighted by molar-refractivity contribution is 0.365. The fourth-order valence-corrected chi connectivity index (χ4v) is 2.71. The zero-order valence-corrected chi connectivity index (χ0v) is 13.5. The van der Waals surface area contributed by atoms with Crippen LogP contribution in [0, 0.1) is 0 Å². The summed E-state index contributed by atoms with van der Waals surface area (Å²) in [6.07, 6.45) is 1.81. The summed E-state index contributed by atoms with van der Waals surface area (Å²) < 4.78 is 16.1. The molecule has 21 heavy (non-hydrogen) atoms. The first-order chi connectivity index (χ1) is 10.2. The molecule has 1 N–H and O–H groups in total. The molecule has 1 aromatic heterocycles. The molecule has 0 amide bonds. The molecular weight excluding hydrogens is 288 g/mol. The number of benzene rings is 1. The van der Waals surface area contributed by atoms with Crippen LogP contribution in [0.3, 0.4) is 0 Å². The molecule has 6 heteroatoms. The third-order valence-corrected chi connectivity index (χ3v) is 4.18. The van der Waals surface area contributed by atoms with Crippen molar-refractivity contribution in [1.82, 2.24) is 10.3 Å². The number of hydrogen-bond acceptors (Lipinski definition) is 6. The molecule has 5 nitrogen and oxygen atoms in total. The summed E-state index contributed by atoms with van der Waals surface area (Å²) in [5, 5.41) is 6.47. The number of hydrogen-bond donors (Lipinski definition) is 1. The Kier molecular flexibility index (Phi) is 5.41. The zero-order valence-electron chi connectivity index (χ0n) is 12.7. The highest BCUT2D eigenvalue weighted by atomic mass is 32.1. The van der Waals surface area contributed by atoms with E-state index in [0.29, 0.717) is 12.3 Å². The second-order valence-corrected chi connectivity index (χ2v) is 5.41. The van der Waals surface area contributed by atoms with Gasteiger partial charge in [0, 0.05) is 30.3 Å². The third-order valence-electron chi connectivity index (χ3n) is 3.22. The lowest BCUT2D eigenvalue weighted by Crippen LogP contribution is -2.19. The minimum Gasteiger partial charge on any atom is -0.496 e. The van der Waals surface area contributed by atoms with Gasteiger partial charge in [0.15, 0.2) is 0 Å². The molecule has 0 spiro atoms. The molecule has 0 saturated heterocycles. The molecule has 2 aromatic rings. The van der Waals surface area contributed by atoms with Gasteiger partial charge in [-0.1, -0.05) is 0 Å². The lowest BCUT2D eigenvalue weighted by Gasteiger charge is -2.17. The van der Waals surface area contributed by atoms with Gasteiger partial charge in [-0.2, -0.15) is 0 Å². The van der Waals surface area contributed by atoms with E-state index in [9.17, 15) is 0 Å². The van der Waals surface area contributed by atoms with Gasteiger partial charge in [0.25, 0.3) is 0 Å². The molecular formula is C15H20N2O3S. The Morgan fingerprint density at radius 2 is 1.81 bits per heavy atom. The van der Waals surface area contributed by atoms with Crippen LogP contribution < -0.4 is 19.5 Å². The van der Waals surface area contributed by atoms with E-state index in [1.807, 2.05) is 23.7 Å². The number of nitrogens with one attached hydrogen (secondary N) is 1. The van der Waals surface area contributed by atoms with E-state index in [0.717, 1.165) is 22.1 Å². The van der Waals surface area contributed by atoms with Gasteiger partial charge in [0.1, 0.15) is 22.3 Å². The normalized spacial score (nSPS) is 12.0. The van der Waals surface area contributed by atoms with Crippen LogP contribution in [0.4, 0.5) is 0 Å². The standard InChI is InChI=1S/C15H20N2O3S/c1-10(15-16-5-6-21-15)17-9-12-13(19-3)7-11(18-2)8-14(12)20-4/h5-8,10,17H,9H2,1-4H3. The van der Waals surface area contributed by atoms with E-state index < -0.39 is 0 Å². The summed E-state index contributed by atoms with van der Waals surface area (Å²) >= 11 is 1.64. The van der Waals surface area contributed by atoms with E-state index in [1.165, 1.54) is 0 Å². The molecule has 1 atom stereocenters. The molecule has 0 aliphatic rings. The second kappa shape index (κ2) is 7.28. The van der Waals surface area contributed by atoms with Gasteiger partial charge in [-0.25, -0.2) is 4.98 Å². The molecule has 0 fully saturated rings. The third kappa shape index (κ3) is 3.65. The Hall–Kier alpha value is -1.79. The minimum atomic E-state index is 0.168. The van der Waals surface area contributed by atoms with E-state index in [-0.39, 0.29) is 6.04 Å². The van der Waals surface area contributed by atoms with Crippen molar-refractivity contribution in [2.45, 2.75) is 19.5 Å². The Balaban J connectivity index is 2.18. The molecule has 114 valence electrons. The average Bonchev–Trinajstić information content (AvgIpc) is 3.06. The van der Waals surface area contributed by atoms with Gasteiger partial charge < -0.3 is 19.5 Å². The predicted octanol–water partition coefficient (Wildman–Crippen LogP) is 3.02. The maximum atomic E-state index is 5.44. The fourth-order valence-electron chi connectivity index (χ4n) is 2.04. The van der Waals surface area contributed by atoms with Crippen LogP contribution in [0.1, 0.15) is 23.5 Å². The van der Waals surface area contributed by atoms with Crippen molar-refractivity contribution in [2.75, 3.05) is 21.3 Å². The molecule has 0 aliphatic carbocycles. The molecule has 1 heterocycles. The summed E-state index contributed by atoms with van der Waals surface area (Å²) in [7, 11) is 4.90. The van der Waals surface area contributed by atoms with Crippen LogP contribution in [0.5, 0.6) is 17.2 Å². The first-order valence-electron chi connectivity index (χ1n) is 6.61. The van der Waals surface area contributed by atoms with E-state index in [4.69, 9.17) is 14.2 Å². The Morgan fingerprint density at radius 3 is 2.29 bits per heavy atom. The van der Waals surface area contributed by atoms with Gasteiger partial charge in [-0.15, -0.1) is 11.3 Å². The van der Waals surface area contributed by atoms with Crippen LogP contribution >= 0.6 is 11.3 Å². The van der Waals surface area contributed by atoms with E-state index >= 15 is 0 Å². The van der Waals surface area contributed by atoms with Crippen molar-refractivity contribution in [2.24, 2.45) is 0 Å². The SMILES string of the molecule is COc1cc(OC)c(CNC(C)c2nccs2)c(OC)c1. The van der Waals surface area contributed by atoms with Gasteiger partial charge in [0.2, 0.25) is 0 Å². The van der Waals surface area contributed by atoms with E-state index in [2.05, 4.69) is 17.2 Å². The van der Waals surface area contributed by atoms with Crippen molar-refractivity contribution in [3.8, 4) is 17.2 Å². The van der Waals surface area contributed by atoms with Crippen LogP contribution in [-0.2, 0) is 6.54 Å². The summed E-state index contributed by atoms with van der Waals surface area (Å²) in [5.74, 6) is 2.19. The summed E-state index contributed by atoms with van der Waals surface area (Å²) in [5.41, 5.74) is 0.962. The topological polar surface area (TPSA) is 52.6 Å². The number of rotatable bonds is 7. The molecule has 0 radical (unpaired) electrons. The quantitative estimate of drug-likeness (QED) is 0.852. The number of aromatic nitrogens is 1. The van der Waals surface area contributed by atoms with Crippen LogP contribution in [0.2, 0.25) is 0 Å². The fraction of sp³-hybridized carbons (Fsp3) is 0.400. The minimum absolute atomic E-state index is 0.168. The Labute approximate surface area is 128 Å². The molecule has 0 aliphatic heterocycles. The van der Waals surface area contributed by atoms with Crippen LogP contribution in [0.15, 0.2) is 23.7 Å². The summed E-state index contributed by atoms with van der Waals surface area (Å²) in [4.78, 5) is 4.31. The summed E-state index contributed by atoms with van der Waals surface area (Å²) in [6, 6.07) is 3.88. The van der Waals surface area contributed by atoms with Crippen molar-refractivity contribution in [1.29, 1.82) is 0 Å². The van der Waals surface area contributed by atoms with Crippen molar-refractivity contribution < 1.29 is 14.2 Å². The Morgan fingerprint density at radius 1 is 1.14 bits per heavy atom. The maximum absolute atomic E-state index is 5.44. The first kappa shape index (κ1) is 15.6. The summed E-state index contributed by atoms with van der Waals surface area (Å²) in [6.45, 7) is 2.71. The highest BCUT2D eigenvalue weighted by Gasteiger charge is 2.15.